The third-order valence-electron chi connectivity index (χ3n) is 17.6. The molecule has 25 heteroatoms. The van der Waals surface area contributed by atoms with E-state index < -0.39 is 121 Å². The molecular formula is C66H78ClN9O15. The smallest absolute Gasteiger partial charge is 0.424 e. The second-order valence-electron chi connectivity index (χ2n) is 23.8. The number of carbonyl (C=O) groups excluding carboxylic acids is 8. The first-order valence-corrected chi connectivity index (χ1v) is 30.4. The van der Waals surface area contributed by atoms with E-state index in [1.165, 1.54) is 44.1 Å². The van der Waals surface area contributed by atoms with Crippen molar-refractivity contribution in [1.82, 2.24) is 40.8 Å². The number of hydrogen-bond acceptors (Lipinski definition) is 16. The van der Waals surface area contributed by atoms with E-state index in [1.807, 2.05) is 66.1 Å². The fourth-order valence-corrected chi connectivity index (χ4v) is 12.2. The van der Waals surface area contributed by atoms with Crippen LogP contribution in [0.4, 0.5) is 15.3 Å². The predicted octanol–water partition coefficient (Wildman–Crippen LogP) is 5.48. The Morgan fingerprint density at radius 1 is 0.890 bits per heavy atom. The molecule has 1 unspecified atom stereocenters. The van der Waals surface area contributed by atoms with Crippen LogP contribution in [0.2, 0.25) is 5.02 Å². The molecule has 2 fully saturated rings. The molecule has 0 radical (unpaired) electrons. The molecule has 9 rings (SSSR count). The number of epoxide rings is 1. The zero-order valence-corrected chi connectivity index (χ0v) is 53.1. The van der Waals surface area contributed by atoms with Gasteiger partial charge in [0.15, 0.2) is 5.72 Å². The van der Waals surface area contributed by atoms with Crippen LogP contribution in [0.5, 0.6) is 5.75 Å². The highest BCUT2D eigenvalue weighted by Crippen LogP contribution is 2.50. The number of aryl methyl sites for hydroxylation is 1. The standard InChI is InChI=1S/C66H78ClN9O15/c1-38-17-16-24-53(77)66(86)32-52(89-63(84)71-66)39(2)61-65(4,91-61)54(31-58(81)74(7)50-28-41(27-38)29-51(87-9)60(50)67)90-62(83)40(3)73(6)59(82)35-70-57(80)34-69-56(79)33-68-55(78)25-26-76-43(30-42-18-10-15-23-49(42)76)36-72(5)75(8)64(85)88-37-48-46-21-13-11-19-44(46)45-20-12-14-22-47(45)48/h10-24,28-30,39-40,48,52-54,61,77,86H,25-27,31-37H2,1-9H3,(H,68,78)(H,69,79)(H,70,80)(H,71,84)/b24-16+,38-17+/t39-,40+,52+,53-,54+,61?,65+,66+/m1/s1. The zero-order chi connectivity index (χ0) is 65.6. The molecule has 484 valence electrons. The summed E-state index contributed by atoms with van der Waals surface area (Å²) < 4.78 is 31.4. The van der Waals surface area contributed by atoms with Crippen molar-refractivity contribution in [2.45, 2.75) is 114 Å². The Labute approximate surface area is 532 Å². The lowest BCUT2D eigenvalue weighted by atomic mass is 9.83. The van der Waals surface area contributed by atoms with Crippen molar-refractivity contribution in [2.75, 3.05) is 66.4 Å². The quantitative estimate of drug-likeness (QED) is 0.0274. The van der Waals surface area contributed by atoms with E-state index in [1.54, 1.807) is 57.2 Å². The van der Waals surface area contributed by atoms with Crippen LogP contribution in [-0.2, 0) is 67.2 Å². The van der Waals surface area contributed by atoms with Gasteiger partial charge in [0.25, 0.3) is 0 Å². The van der Waals surface area contributed by atoms with E-state index in [9.17, 15) is 48.6 Å². The summed E-state index contributed by atoms with van der Waals surface area (Å²) in [5.41, 5.74) is 4.43. The van der Waals surface area contributed by atoms with Gasteiger partial charge in [-0.25, -0.2) is 24.4 Å². The largest absolute Gasteiger partial charge is 0.495 e. The fraction of sp³-hybridized carbons (Fsp3) is 0.424. The van der Waals surface area contributed by atoms with E-state index in [0.29, 0.717) is 17.7 Å². The van der Waals surface area contributed by atoms with Gasteiger partial charge >= 0.3 is 18.2 Å². The van der Waals surface area contributed by atoms with E-state index >= 15 is 0 Å². The highest BCUT2D eigenvalue weighted by molar-refractivity contribution is 6.35. The molecule has 0 spiro atoms. The number of nitrogens with one attached hydrogen (secondary N) is 4. The summed E-state index contributed by atoms with van der Waals surface area (Å²) in [6.07, 6.45) is -2.02. The Morgan fingerprint density at radius 2 is 1.53 bits per heavy atom. The lowest BCUT2D eigenvalue weighted by Gasteiger charge is -2.41. The minimum Gasteiger partial charge on any atom is -0.495 e. The normalized spacial score (nSPS) is 23.4. The number of hydrazine groups is 1. The first-order valence-electron chi connectivity index (χ1n) is 30.0. The molecule has 4 aromatic carbocycles. The van der Waals surface area contributed by atoms with Gasteiger partial charge in [-0.05, 0) is 84.7 Å². The molecule has 0 saturated carbocycles. The number of para-hydroxylation sites is 1. The van der Waals surface area contributed by atoms with Gasteiger partial charge < -0.3 is 64.2 Å². The number of aromatic nitrogens is 1. The molecular weight excluding hydrogens is 1190 g/mol. The Hall–Kier alpha value is -8.81. The molecule has 5 aromatic rings. The van der Waals surface area contributed by atoms with Crippen LogP contribution in [0.25, 0.3) is 22.0 Å². The number of allylic oxidation sites excluding steroid dienone is 3. The molecule has 4 heterocycles. The minimum atomic E-state index is -2.14. The number of nitrogens with zero attached hydrogens (tertiary/aromatic N) is 5. The lowest BCUT2D eigenvalue weighted by Crippen LogP contribution is -2.63. The average Bonchev–Trinajstić information content (AvgIpc) is 1.59. The number of esters is 1. The van der Waals surface area contributed by atoms with Crippen LogP contribution < -0.4 is 30.9 Å². The van der Waals surface area contributed by atoms with Crippen LogP contribution in [0.15, 0.2) is 115 Å². The van der Waals surface area contributed by atoms with E-state index in [0.717, 1.165) is 49.3 Å². The molecule has 4 bridgehead atoms. The maximum atomic E-state index is 14.4. The number of anilines is 1. The molecule has 8 atom stereocenters. The number of benzene rings is 4. The van der Waals surface area contributed by atoms with Gasteiger partial charge in [-0.3, -0.25) is 29.3 Å². The maximum absolute atomic E-state index is 14.4. The van der Waals surface area contributed by atoms with Gasteiger partial charge in [-0.1, -0.05) is 109 Å². The number of carbonyl (C=O) groups is 8. The van der Waals surface area contributed by atoms with Crippen molar-refractivity contribution in [2.24, 2.45) is 5.92 Å². The number of rotatable bonds is 18. The Kier molecular flexibility index (Phi) is 20.6. The van der Waals surface area contributed by atoms with E-state index in [2.05, 4.69) is 45.5 Å². The summed E-state index contributed by atoms with van der Waals surface area (Å²) in [5, 5.41) is 36.7. The SMILES string of the molecule is COc1cc2cc(c1Cl)N(C)C(=O)C[C@H](OC(=O)[C@H](C)N(C)C(=O)CNC(=O)CNC(=O)CNC(=O)CCn1c(CN(C)N(C)C(=O)OCC3c4ccccc4-c4ccccc43)cc3ccccc31)[C@]1(C)OC1[C@H](C)[C@@H]1C[C@@](O)(NC(=O)O1)[C@H](O)/C=C/C=C(\C)C2. The number of likely N-dealkylation sites (N-methyl/N-ethyl adjacent to an activating group) is 1. The molecule has 1 aromatic heterocycles. The summed E-state index contributed by atoms with van der Waals surface area (Å²) in [4.78, 5) is 110. The van der Waals surface area contributed by atoms with Crippen molar-refractivity contribution in [1.29, 1.82) is 0 Å². The highest BCUT2D eigenvalue weighted by atomic mass is 35.5. The Bertz CT molecular complexity index is 3640. The molecule has 4 aliphatic rings. The van der Waals surface area contributed by atoms with Crippen molar-refractivity contribution >= 4 is 75.9 Å². The van der Waals surface area contributed by atoms with Crippen LogP contribution >= 0.6 is 11.6 Å². The molecule has 3 aliphatic heterocycles. The van der Waals surface area contributed by atoms with Crippen molar-refractivity contribution < 1.29 is 72.3 Å². The molecule has 7 amide bonds. The molecule has 1 aliphatic carbocycles. The number of alkyl carbamates (subject to hydrolysis) is 1. The van der Waals surface area contributed by atoms with Crippen LogP contribution in [0.3, 0.4) is 0 Å². The third kappa shape index (κ3) is 15.0. The van der Waals surface area contributed by atoms with Crippen LogP contribution in [0.1, 0.15) is 75.3 Å². The summed E-state index contributed by atoms with van der Waals surface area (Å²) in [6.45, 7) is 5.64. The number of aliphatic hydroxyl groups excluding tert-OH is 1. The third-order valence-corrected chi connectivity index (χ3v) is 18.0. The van der Waals surface area contributed by atoms with Crippen molar-refractivity contribution in [3.8, 4) is 16.9 Å². The van der Waals surface area contributed by atoms with Crippen molar-refractivity contribution in [3.63, 3.8) is 0 Å². The monoisotopic (exact) mass is 1270 g/mol. The van der Waals surface area contributed by atoms with Gasteiger partial charge in [-0.2, -0.15) is 0 Å². The number of amides is 7. The number of halogens is 1. The Balaban J connectivity index is 0.754. The van der Waals surface area contributed by atoms with Gasteiger partial charge in [-0.15, -0.1) is 0 Å². The topological polar surface area (TPSA) is 292 Å². The van der Waals surface area contributed by atoms with Gasteiger partial charge in [0.05, 0.1) is 51.5 Å². The second-order valence-corrected chi connectivity index (χ2v) is 24.1. The zero-order valence-electron chi connectivity index (χ0n) is 52.3. The number of ether oxygens (including phenoxy) is 5. The molecule has 2 saturated heterocycles. The average molecular weight is 1270 g/mol. The first-order chi connectivity index (χ1) is 43.3. The maximum Gasteiger partial charge on any atom is 0.424 e. The fourth-order valence-electron chi connectivity index (χ4n) is 11.9. The molecule has 91 heavy (non-hydrogen) atoms. The number of hydrogen-bond donors (Lipinski definition) is 6. The van der Waals surface area contributed by atoms with Crippen molar-refractivity contribution in [3.05, 3.63) is 142 Å². The summed E-state index contributed by atoms with van der Waals surface area (Å²) in [6, 6.07) is 28.1. The molecule has 24 nitrogen and oxygen atoms in total. The second kappa shape index (κ2) is 28.1. The first kappa shape index (κ1) is 66.6. The lowest BCUT2D eigenvalue weighted by molar-refractivity contribution is -0.161. The van der Waals surface area contributed by atoms with Gasteiger partial charge in [0, 0.05) is 70.6 Å². The highest BCUT2D eigenvalue weighted by Gasteiger charge is 2.64. The Morgan fingerprint density at radius 3 is 2.21 bits per heavy atom. The number of methoxy groups -OCH3 is 1. The number of fused-ring (bicyclic) bond motifs is 9. The van der Waals surface area contributed by atoms with Crippen LogP contribution in [-0.4, -0.2) is 181 Å². The van der Waals surface area contributed by atoms with E-state index in [4.69, 9.17) is 35.3 Å². The molecule has 6 N–H and O–H groups in total. The number of aliphatic hydroxyl groups is 2. The van der Waals surface area contributed by atoms with Gasteiger partial charge in [0.1, 0.15) is 47.3 Å². The minimum absolute atomic E-state index is 0.0118. The summed E-state index contributed by atoms with van der Waals surface area (Å²) >= 11 is 6.80. The van der Waals surface area contributed by atoms with Crippen LogP contribution in [0, 0.1) is 5.92 Å². The summed E-state index contributed by atoms with van der Waals surface area (Å²) in [7, 11) is 7.66. The van der Waals surface area contributed by atoms with E-state index in [-0.39, 0.29) is 49.2 Å². The predicted molar refractivity (Wildman–Crippen MR) is 336 cm³/mol. The van der Waals surface area contributed by atoms with Gasteiger partial charge in [0.2, 0.25) is 29.5 Å². The summed E-state index contributed by atoms with van der Waals surface area (Å²) in [5.74, 6) is -4.57.